The van der Waals surface area contributed by atoms with E-state index >= 15 is 0 Å². The van der Waals surface area contributed by atoms with Gasteiger partial charge in [0.05, 0.1) is 0 Å². The molecule has 1 heterocycles. The maximum absolute atomic E-state index is 13.8. The Morgan fingerprint density at radius 2 is 1.60 bits per heavy atom. The number of imide groups is 1. The zero-order valence-corrected chi connectivity index (χ0v) is 30.6. The predicted octanol–water partition coefficient (Wildman–Crippen LogP) is 5.48. The summed E-state index contributed by atoms with van der Waals surface area (Å²) in [5.74, 6) is -1.86. The number of benzene rings is 2. The molecule has 2 aromatic rings. The van der Waals surface area contributed by atoms with E-state index in [4.69, 9.17) is 4.74 Å². The molecule has 6 amide bonds. The van der Waals surface area contributed by atoms with Gasteiger partial charge in [0.1, 0.15) is 12.4 Å². The summed E-state index contributed by atoms with van der Waals surface area (Å²) in [5.41, 5.74) is 0.961. The second-order valence-corrected chi connectivity index (χ2v) is 13.7. The van der Waals surface area contributed by atoms with Gasteiger partial charge in [-0.25, -0.2) is 14.1 Å². The Bertz CT molecular complexity index is 1600. The van der Waals surface area contributed by atoms with E-state index in [1.54, 1.807) is 37.3 Å². The van der Waals surface area contributed by atoms with E-state index in [2.05, 4.69) is 16.0 Å². The second kappa shape index (κ2) is 19.1. The van der Waals surface area contributed by atoms with Crippen molar-refractivity contribution in [2.45, 2.75) is 116 Å². The zero-order chi connectivity index (χ0) is 37.7. The summed E-state index contributed by atoms with van der Waals surface area (Å²) in [6.07, 6.45) is 8.75. The summed E-state index contributed by atoms with van der Waals surface area (Å²) < 4.78 is 19.4. The molecule has 282 valence electrons. The van der Waals surface area contributed by atoms with Crippen LogP contribution in [0.2, 0.25) is 0 Å². The number of fused-ring (bicyclic) bond motifs is 2. The van der Waals surface area contributed by atoms with E-state index in [9.17, 15) is 33.2 Å². The number of nitrogens with zero attached hydrogens (tertiary/aromatic N) is 2. The van der Waals surface area contributed by atoms with Crippen molar-refractivity contribution in [3.8, 4) is 0 Å². The van der Waals surface area contributed by atoms with Crippen molar-refractivity contribution in [1.82, 2.24) is 20.4 Å². The summed E-state index contributed by atoms with van der Waals surface area (Å²) in [6.45, 7) is 5.39. The highest BCUT2D eigenvalue weighted by Gasteiger charge is 2.58. The maximum Gasteiger partial charge on any atom is 0.418 e. The number of amides is 6. The monoisotopic (exact) mass is 721 g/mol. The fraction of sp³-hybridized carbons (Fsp3) is 0.538. The number of hydrogen-bond donors (Lipinski definition) is 3. The number of carbonyl (C=O) groups excluding carboxylic acids is 6. The highest BCUT2D eigenvalue weighted by atomic mass is 19.1. The third-order valence-corrected chi connectivity index (χ3v) is 9.66. The molecule has 0 radical (unpaired) electrons. The number of aryl methyl sites for hydroxylation is 1. The maximum atomic E-state index is 13.8. The van der Waals surface area contributed by atoms with Crippen LogP contribution in [0.25, 0.3) is 0 Å². The molecule has 0 saturated carbocycles. The first-order valence-corrected chi connectivity index (χ1v) is 18.5. The van der Waals surface area contributed by atoms with Gasteiger partial charge in [-0.3, -0.25) is 24.0 Å². The largest absolute Gasteiger partial charge is 0.427 e. The first-order chi connectivity index (χ1) is 24.9. The Labute approximate surface area is 305 Å². The molecule has 0 aromatic heterocycles. The number of nitrogens with one attached hydrogen (secondary N) is 3. The Morgan fingerprint density at radius 1 is 0.923 bits per heavy atom. The molecular weight excluding hydrogens is 669 g/mol. The number of anilines is 1. The highest BCUT2D eigenvalue weighted by Crippen LogP contribution is 2.46. The lowest BCUT2D eigenvalue weighted by atomic mass is 9.94. The molecule has 1 aliphatic carbocycles. The molecule has 3 N–H and O–H groups in total. The van der Waals surface area contributed by atoms with Crippen LogP contribution in [0.4, 0.5) is 14.9 Å². The average Bonchev–Trinajstić information content (AvgIpc) is 3.59. The minimum atomic E-state index is -1.54. The average molecular weight is 722 g/mol. The SMILES string of the molecule is CCC(=O)NCCCCCCCCCCC(=O)NC[C@H](C)N(Cc1ccc(F)cc1)C(=O)CN1C(=O)O[C@@]2(CCc3cc(NC(C)=O)ccc32)C1=O. The van der Waals surface area contributed by atoms with Crippen LogP contribution in [0.15, 0.2) is 42.5 Å². The normalized spacial score (nSPS) is 16.7. The summed E-state index contributed by atoms with van der Waals surface area (Å²) in [4.78, 5) is 78.5. The van der Waals surface area contributed by atoms with Crippen molar-refractivity contribution in [1.29, 1.82) is 0 Å². The molecule has 1 aliphatic heterocycles. The summed E-state index contributed by atoms with van der Waals surface area (Å²) in [7, 11) is 0. The number of hydrogen-bond acceptors (Lipinski definition) is 7. The molecule has 0 unspecified atom stereocenters. The van der Waals surface area contributed by atoms with Crippen molar-refractivity contribution in [2.75, 3.05) is 25.0 Å². The van der Waals surface area contributed by atoms with Crippen LogP contribution in [-0.2, 0) is 47.3 Å². The van der Waals surface area contributed by atoms with Crippen molar-refractivity contribution in [3.63, 3.8) is 0 Å². The van der Waals surface area contributed by atoms with Gasteiger partial charge in [-0.15, -0.1) is 0 Å². The van der Waals surface area contributed by atoms with Gasteiger partial charge in [0.15, 0.2) is 0 Å². The van der Waals surface area contributed by atoms with Gasteiger partial charge < -0.3 is 25.6 Å². The van der Waals surface area contributed by atoms with Crippen LogP contribution < -0.4 is 16.0 Å². The molecule has 12 nitrogen and oxygen atoms in total. The Hall–Kier alpha value is -4.81. The number of halogens is 1. The Balaban J connectivity index is 1.28. The number of carbonyl (C=O) groups is 6. The topological polar surface area (TPSA) is 154 Å². The number of unbranched alkanes of at least 4 members (excludes halogenated alkanes) is 7. The fourth-order valence-corrected chi connectivity index (χ4v) is 6.72. The van der Waals surface area contributed by atoms with Gasteiger partial charge in [0, 0.05) is 63.1 Å². The minimum absolute atomic E-state index is 0.0699. The summed E-state index contributed by atoms with van der Waals surface area (Å²) in [5, 5.41) is 8.51. The van der Waals surface area contributed by atoms with E-state index in [1.807, 2.05) is 6.92 Å². The summed E-state index contributed by atoms with van der Waals surface area (Å²) in [6, 6.07) is 10.2. The molecule has 1 spiro atoms. The number of rotatable bonds is 20. The third-order valence-electron chi connectivity index (χ3n) is 9.66. The standard InChI is InChI=1S/C39H52FN5O7/c1-4-34(47)41-22-12-10-8-6-5-7-9-11-13-35(48)42-24-27(2)44(25-29-14-16-31(40)17-15-29)36(49)26-45-37(50)39(52-38(45)51)21-20-30-23-32(43-28(3)46)18-19-33(30)39/h14-19,23,27H,4-13,20-22,24-26H2,1-3H3,(H,41,47)(H,42,48)(H,43,46)/t27-,39+/m0/s1. The van der Waals surface area contributed by atoms with Crippen LogP contribution >= 0.6 is 0 Å². The number of ether oxygens (including phenoxy) is 1. The van der Waals surface area contributed by atoms with E-state index in [0.717, 1.165) is 68.4 Å². The fourth-order valence-electron chi connectivity index (χ4n) is 6.72. The molecule has 2 aromatic carbocycles. The van der Waals surface area contributed by atoms with Crippen molar-refractivity contribution in [3.05, 3.63) is 65.0 Å². The molecule has 13 heteroatoms. The van der Waals surface area contributed by atoms with Crippen LogP contribution in [0.3, 0.4) is 0 Å². The molecule has 52 heavy (non-hydrogen) atoms. The van der Waals surface area contributed by atoms with Crippen molar-refractivity contribution in [2.24, 2.45) is 0 Å². The van der Waals surface area contributed by atoms with Gasteiger partial charge >= 0.3 is 6.09 Å². The van der Waals surface area contributed by atoms with Crippen molar-refractivity contribution < 1.29 is 37.9 Å². The molecular formula is C39H52FN5O7. The van der Waals surface area contributed by atoms with Gasteiger partial charge in [0.2, 0.25) is 29.2 Å². The highest BCUT2D eigenvalue weighted by molar-refractivity contribution is 6.06. The lowest BCUT2D eigenvalue weighted by molar-refractivity contribution is -0.143. The van der Waals surface area contributed by atoms with Crippen LogP contribution in [0, 0.1) is 5.82 Å². The molecule has 2 aliphatic rings. The van der Waals surface area contributed by atoms with E-state index in [0.29, 0.717) is 36.1 Å². The van der Waals surface area contributed by atoms with Crippen molar-refractivity contribution >= 4 is 41.3 Å². The van der Waals surface area contributed by atoms with Crippen LogP contribution in [-0.4, -0.2) is 71.1 Å². The van der Waals surface area contributed by atoms with Crippen LogP contribution in [0.5, 0.6) is 0 Å². The smallest absolute Gasteiger partial charge is 0.418 e. The van der Waals surface area contributed by atoms with E-state index in [1.165, 1.54) is 24.0 Å². The molecule has 0 bridgehead atoms. The lowest BCUT2D eigenvalue weighted by Crippen LogP contribution is -2.49. The molecule has 1 saturated heterocycles. The van der Waals surface area contributed by atoms with Gasteiger partial charge in [-0.05, 0) is 61.6 Å². The first-order valence-electron chi connectivity index (χ1n) is 18.5. The molecule has 1 fully saturated rings. The first kappa shape index (κ1) is 40.0. The van der Waals surface area contributed by atoms with Gasteiger partial charge in [-0.2, -0.15) is 0 Å². The Kier molecular flexibility index (Phi) is 14.7. The summed E-state index contributed by atoms with van der Waals surface area (Å²) >= 11 is 0. The van der Waals surface area contributed by atoms with E-state index in [-0.39, 0.29) is 37.2 Å². The van der Waals surface area contributed by atoms with Crippen LogP contribution in [0.1, 0.15) is 108 Å². The Morgan fingerprint density at radius 3 is 2.27 bits per heavy atom. The van der Waals surface area contributed by atoms with Gasteiger partial charge in [-0.1, -0.05) is 63.6 Å². The zero-order valence-electron chi connectivity index (χ0n) is 30.6. The minimum Gasteiger partial charge on any atom is -0.427 e. The quantitative estimate of drug-likeness (QED) is 0.153. The molecule has 2 atom stereocenters. The molecule has 4 rings (SSSR count). The van der Waals surface area contributed by atoms with E-state index < -0.39 is 41.9 Å². The van der Waals surface area contributed by atoms with Gasteiger partial charge in [0.25, 0.3) is 5.91 Å². The third kappa shape index (κ3) is 10.8. The predicted molar refractivity (Wildman–Crippen MR) is 193 cm³/mol. The second-order valence-electron chi connectivity index (χ2n) is 13.7. The lowest BCUT2D eigenvalue weighted by Gasteiger charge is -2.31.